The van der Waals surface area contributed by atoms with Crippen molar-refractivity contribution in [1.82, 2.24) is 9.97 Å². The number of benzene rings is 3. The van der Waals surface area contributed by atoms with Crippen LogP contribution < -0.4 is 27.0 Å². The number of nitrogens with zero attached hydrogens (tertiary/aromatic N) is 2. The average Bonchev–Trinajstić information content (AvgIpc) is 3.20. The number of nitrogens with two attached hydrogens (primary N) is 1. The molecule has 2 heterocycles. The molecule has 0 fully saturated rings. The standard InChI is InChI=1S/C28H31N7O2S/c1-19-3-5-21(6-4-19)18-28(29)34-24-12-11-23(17-25(24)35-28)31-26-13-15-30-27(33-26)32-22-9-7-20(8-10-22)14-16-38(2,36)37/h3-13,15,17,34-35H,14,16,18,29H2,1-2H3,(H2,30,31,32,33). The third-order valence-corrected chi connectivity index (χ3v) is 7.18. The topological polar surface area (TPSA) is 134 Å². The molecule has 9 nitrogen and oxygen atoms in total. The third-order valence-electron chi connectivity index (χ3n) is 6.24. The third kappa shape index (κ3) is 6.58. The van der Waals surface area contributed by atoms with Crippen LogP contribution in [-0.4, -0.2) is 36.2 Å². The molecule has 196 valence electrons. The van der Waals surface area contributed by atoms with E-state index in [1.54, 1.807) is 12.3 Å². The van der Waals surface area contributed by atoms with E-state index < -0.39 is 15.6 Å². The highest BCUT2D eigenvalue weighted by molar-refractivity contribution is 7.90. The lowest BCUT2D eigenvalue weighted by molar-refractivity contribution is 0.566. The zero-order valence-electron chi connectivity index (χ0n) is 21.3. The summed E-state index contributed by atoms with van der Waals surface area (Å²) in [6.45, 7) is 2.07. The number of fused-ring (bicyclic) bond motifs is 1. The first-order chi connectivity index (χ1) is 18.1. The van der Waals surface area contributed by atoms with Gasteiger partial charge in [0.15, 0.2) is 5.79 Å². The van der Waals surface area contributed by atoms with E-state index >= 15 is 0 Å². The molecule has 1 unspecified atom stereocenters. The molecule has 3 aromatic carbocycles. The summed E-state index contributed by atoms with van der Waals surface area (Å²) in [5.41, 5.74) is 13.5. The second kappa shape index (κ2) is 10.3. The van der Waals surface area contributed by atoms with Gasteiger partial charge >= 0.3 is 0 Å². The summed E-state index contributed by atoms with van der Waals surface area (Å²) in [6, 6.07) is 23.7. The molecule has 0 bridgehead atoms. The molecule has 38 heavy (non-hydrogen) atoms. The first-order valence-corrected chi connectivity index (χ1v) is 14.4. The summed E-state index contributed by atoms with van der Waals surface area (Å²) >= 11 is 0. The number of nitrogens with one attached hydrogen (secondary N) is 4. The second-order valence-electron chi connectivity index (χ2n) is 9.74. The van der Waals surface area contributed by atoms with E-state index in [-0.39, 0.29) is 5.75 Å². The maximum atomic E-state index is 11.4. The molecule has 1 aliphatic rings. The highest BCUT2D eigenvalue weighted by Crippen LogP contribution is 2.36. The summed E-state index contributed by atoms with van der Waals surface area (Å²) in [6.07, 6.45) is 4.04. The minimum atomic E-state index is -2.99. The summed E-state index contributed by atoms with van der Waals surface area (Å²) in [5.74, 6) is 0.433. The highest BCUT2D eigenvalue weighted by Gasteiger charge is 2.32. The predicted molar refractivity (Wildman–Crippen MR) is 154 cm³/mol. The number of rotatable bonds is 9. The molecule has 1 atom stereocenters. The Bertz CT molecular complexity index is 1540. The van der Waals surface area contributed by atoms with Crippen molar-refractivity contribution in [2.24, 2.45) is 5.73 Å². The second-order valence-corrected chi connectivity index (χ2v) is 12.0. The number of aryl methyl sites for hydroxylation is 2. The molecule has 0 saturated heterocycles. The molecule has 4 aromatic rings. The van der Waals surface area contributed by atoms with Gasteiger partial charge in [-0.25, -0.2) is 13.4 Å². The van der Waals surface area contributed by atoms with Crippen LogP contribution in [0.4, 0.5) is 34.5 Å². The van der Waals surface area contributed by atoms with Crippen molar-refractivity contribution in [3.63, 3.8) is 0 Å². The summed E-state index contributed by atoms with van der Waals surface area (Å²) < 4.78 is 22.8. The van der Waals surface area contributed by atoms with Crippen LogP contribution in [0.15, 0.2) is 79.0 Å². The van der Waals surface area contributed by atoms with Gasteiger partial charge in [-0.15, -0.1) is 0 Å². The van der Waals surface area contributed by atoms with E-state index in [2.05, 4.69) is 62.4 Å². The van der Waals surface area contributed by atoms with Crippen LogP contribution in [0.2, 0.25) is 0 Å². The first-order valence-electron chi connectivity index (χ1n) is 12.3. The summed E-state index contributed by atoms with van der Waals surface area (Å²) in [7, 11) is -2.99. The molecular weight excluding hydrogens is 498 g/mol. The van der Waals surface area contributed by atoms with Crippen molar-refractivity contribution in [1.29, 1.82) is 0 Å². The van der Waals surface area contributed by atoms with Crippen LogP contribution in [0.3, 0.4) is 0 Å². The van der Waals surface area contributed by atoms with Gasteiger partial charge in [0.2, 0.25) is 5.95 Å². The van der Waals surface area contributed by atoms with Gasteiger partial charge in [0.05, 0.1) is 17.1 Å². The molecule has 0 spiro atoms. The molecule has 0 amide bonds. The molecule has 5 rings (SSSR count). The van der Waals surface area contributed by atoms with Crippen LogP contribution in [0.25, 0.3) is 0 Å². The molecule has 1 aliphatic heterocycles. The maximum Gasteiger partial charge on any atom is 0.229 e. The monoisotopic (exact) mass is 529 g/mol. The Kier molecular flexibility index (Phi) is 6.92. The van der Waals surface area contributed by atoms with E-state index in [1.165, 1.54) is 11.8 Å². The van der Waals surface area contributed by atoms with E-state index in [1.807, 2.05) is 42.5 Å². The maximum absolute atomic E-state index is 11.4. The van der Waals surface area contributed by atoms with E-state index in [0.29, 0.717) is 24.6 Å². The van der Waals surface area contributed by atoms with E-state index in [0.717, 1.165) is 33.9 Å². The number of aromatic nitrogens is 2. The van der Waals surface area contributed by atoms with Crippen LogP contribution in [0.5, 0.6) is 0 Å². The van der Waals surface area contributed by atoms with Crippen molar-refractivity contribution in [3.05, 3.63) is 95.7 Å². The van der Waals surface area contributed by atoms with Crippen LogP contribution in [-0.2, 0) is 22.7 Å². The lowest BCUT2D eigenvalue weighted by Gasteiger charge is -2.26. The fraction of sp³-hybridized carbons (Fsp3) is 0.214. The first kappa shape index (κ1) is 25.5. The lowest BCUT2D eigenvalue weighted by Crippen LogP contribution is -2.53. The Hall–Kier alpha value is -4.15. The van der Waals surface area contributed by atoms with Gasteiger partial charge in [0.25, 0.3) is 0 Å². The highest BCUT2D eigenvalue weighted by atomic mass is 32.2. The molecule has 0 saturated carbocycles. The van der Waals surface area contributed by atoms with Crippen LogP contribution in [0.1, 0.15) is 16.7 Å². The predicted octanol–water partition coefficient (Wildman–Crippen LogP) is 4.55. The fourth-order valence-electron chi connectivity index (χ4n) is 4.29. The van der Waals surface area contributed by atoms with Gasteiger partial charge in [-0.1, -0.05) is 42.0 Å². The van der Waals surface area contributed by atoms with Gasteiger partial charge in [-0.05, 0) is 60.9 Å². The van der Waals surface area contributed by atoms with Crippen molar-refractivity contribution in [2.45, 2.75) is 25.6 Å². The Morgan fingerprint density at radius 1 is 0.868 bits per heavy atom. The molecule has 0 aliphatic carbocycles. The zero-order valence-corrected chi connectivity index (χ0v) is 22.1. The summed E-state index contributed by atoms with van der Waals surface area (Å²) in [5, 5.41) is 13.3. The van der Waals surface area contributed by atoms with Crippen LogP contribution in [0, 0.1) is 6.92 Å². The number of sulfone groups is 1. The smallest absolute Gasteiger partial charge is 0.229 e. The molecule has 10 heteroatoms. The molecule has 1 aromatic heterocycles. The molecular formula is C28H31N7O2S. The van der Waals surface area contributed by atoms with E-state index in [4.69, 9.17) is 5.73 Å². The molecule has 0 radical (unpaired) electrons. The quantitative estimate of drug-likeness (QED) is 0.212. The van der Waals surface area contributed by atoms with Crippen LogP contribution >= 0.6 is 0 Å². The van der Waals surface area contributed by atoms with Gasteiger partial charge < -0.3 is 21.3 Å². The van der Waals surface area contributed by atoms with Crippen molar-refractivity contribution in [3.8, 4) is 0 Å². The zero-order chi connectivity index (χ0) is 26.8. The minimum Gasteiger partial charge on any atom is -0.349 e. The fourth-order valence-corrected chi connectivity index (χ4v) is 4.89. The van der Waals surface area contributed by atoms with Gasteiger partial charge in [0, 0.05) is 30.2 Å². The largest absolute Gasteiger partial charge is 0.349 e. The minimum absolute atomic E-state index is 0.129. The van der Waals surface area contributed by atoms with Crippen molar-refractivity contribution < 1.29 is 8.42 Å². The number of anilines is 6. The number of hydrogen-bond donors (Lipinski definition) is 5. The van der Waals surface area contributed by atoms with Crippen molar-refractivity contribution >= 4 is 44.4 Å². The number of hydrogen-bond acceptors (Lipinski definition) is 9. The SMILES string of the molecule is Cc1ccc(CC2(N)Nc3ccc(Nc4ccnc(Nc5ccc(CCS(C)(=O)=O)cc5)n4)cc3N2)cc1. The lowest BCUT2D eigenvalue weighted by atomic mass is 10.1. The van der Waals surface area contributed by atoms with Crippen molar-refractivity contribution in [2.75, 3.05) is 33.3 Å². The Labute approximate surface area is 222 Å². The normalized spacial score (nSPS) is 16.3. The Morgan fingerprint density at radius 2 is 1.55 bits per heavy atom. The van der Waals surface area contributed by atoms with Gasteiger partial charge in [-0.3, -0.25) is 5.73 Å². The Morgan fingerprint density at radius 3 is 2.29 bits per heavy atom. The summed E-state index contributed by atoms with van der Waals surface area (Å²) in [4.78, 5) is 8.88. The van der Waals surface area contributed by atoms with Gasteiger partial charge in [-0.2, -0.15) is 4.98 Å². The van der Waals surface area contributed by atoms with E-state index in [9.17, 15) is 8.42 Å². The van der Waals surface area contributed by atoms with Gasteiger partial charge in [0.1, 0.15) is 15.7 Å². The molecule has 6 N–H and O–H groups in total. The average molecular weight is 530 g/mol. The Balaban J connectivity index is 1.22.